The van der Waals surface area contributed by atoms with Gasteiger partial charge in [-0.3, -0.25) is 0 Å². The highest BCUT2D eigenvalue weighted by atomic mass is 16.5. The zero-order valence-electron chi connectivity index (χ0n) is 14.3. The minimum atomic E-state index is 0.528. The summed E-state index contributed by atoms with van der Waals surface area (Å²) in [5.41, 5.74) is 5.13. The second-order valence-electron chi connectivity index (χ2n) is 6.52. The molecule has 2 aliphatic heterocycles. The molecule has 2 aromatic carbocycles. The largest absolute Gasteiger partial charge is 0.497 e. The Bertz CT molecular complexity index is 744. The van der Waals surface area contributed by atoms with Gasteiger partial charge in [-0.05, 0) is 55.3 Å². The van der Waals surface area contributed by atoms with E-state index in [0.717, 1.165) is 30.2 Å². The van der Waals surface area contributed by atoms with Crippen molar-refractivity contribution in [3.05, 3.63) is 42.0 Å². The van der Waals surface area contributed by atoms with Crippen LogP contribution in [0, 0.1) is 0 Å². The lowest BCUT2D eigenvalue weighted by atomic mass is 9.85. The van der Waals surface area contributed by atoms with Gasteiger partial charge in [0.1, 0.15) is 11.5 Å². The van der Waals surface area contributed by atoms with Crippen molar-refractivity contribution in [3.63, 3.8) is 0 Å². The van der Waals surface area contributed by atoms with E-state index < -0.39 is 0 Å². The van der Waals surface area contributed by atoms with Crippen molar-refractivity contribution < 1.29 is 9.47 Å². The lowest BCUT2D eigenvalue weighted by molar-refractivity contribution is 0.395. The van der Waals surface area contributed by atoms with Crippen LogP contribution < -0.4 is 20.1 Å². The molecule has 0 saturated carbocycles. The molecule has 0 amide bonds. The van der Waals surface area contributed by atoms with Crippen LogP contribution >= 0.6 is 0 Å². The molecule has 2 aromatic rings. The van der Waals surface area contributed by atoms with Crippen LogP contribution in [0.1, 0.15) is 24.3 Å². The Balaban J connectivity index is 1.83. The lowest BCUT2D eigenvalue weighted by Crippen LogP contribution is -2.21. The maximum absolute atomic E-state index is 5.65. The molecule has 24 heavy (non-hydrogen) atoms. The van der Waals surface area contributed by atoms with Crippen LogP contribution in [0.15, 0.2) is 36.4 Å². The maximum atomic E-state index is 5.65. The summed E-state index contributed by atoms with van der Waals surface area (Å²) in [5.74, 6) is 2.23. The Morgan fingerprint density at radius 2 is 1.83 bits per heavy atom. The van der Waals surface area contributed by atoms with Gasteiger partial charge in [-0.15, -0.1) is 0 Å². The van der Waals surface area contributed by atoms with Gasteiger partial charge in [0, 0.05) is 29.3 Å². The molecule has 1 fully saturated rings. The molecule has 0 aliphatic carbocycles. The van der Waals surface area contributed by atoms with Crippen molar-refractivity contribution in [2.45, 2.75) is 24.8 Å². The van der Waals surface area contributed by atoms with Gasteiger partial charge in [-0.1, -0.05) is 12.1 Å². The van der Waals surface area contributed by atoms with Crippen LogP contribution in [-0.4, -0.2) is 33.4 Å². The Morgan fingerprint density at radius 1 is 0.958 bits per heavy atom. The van der Waals surface area contributed by atoms with Gasteiger partial charge < -0.3 is 20.1 Å². The third-order valence-corrected chi connectivity index (χ3v) is 5.27. The average molecular weight is 324 g/mol. The molecule has 2 heterocycles. The fraction of sp³-hybridized carbons (Fsp3) is 0.400. The first-order valence-electron chi connectivity index (χ1n) is 8.64. The zero-order valence-corrected chi connectivity index (χ0v) is 14.3. The molecule has 4 heteroatoms. The molecule has 0 radical (unpaired) electrons. The smallest absolute Gasteiger partial charge is 0.130 e. The number of hydrogen-bond donors (Lipinski definition) is 2. The minimum absolute atomic E-state index is 0.528. The van der Waals surface area contributed by atoms with Gasteiger partial charge in [0.2, 0.25) is 0 Å². The number of hydrogen-bond acceptors (Lipinski definition) is 4. The number of anilines is 1. The summed E-state index contributed by atoms with van der Waals surface area (Å²) in [6, 6.07) is 13.2. The van der Waals surface area contributed by atoms with Gasteiger partial charge in [0.15, 0.2) is 0 Å². The first kappa shape index (κ1) is 15.3. The highest BCUT2D eigenvalue weighted by molar-refractivity contribution is 5.81. The summed E-state index contributed by atoms with van der Waals surface area (Å²) in [5, 5.41) is 7.26. The third-order valence-electron chi connectivity index (χ3n) is 5.27. The molecule has 1 saturated heterocycles. The molecule has 2 aliphatic rings. The van der Waals surface area contributed by atoms with Crippen molar-refractivity contribution in [1.29, 1.82) is 0 Å². The fourth-order valence-electron chi connectivity index (χ4n) is 4.11. The number of rotatable bonds is 3. The van der Waals surface area contributed by atoms with Gasteiger partial charge >= 0.3 is 0 Å². The summed E-state index contributed by atoms with van der Waals surface area (Å²) in [6.07, 6.45) is 2.33. The number of benzene rings is 2. The molecule has 0 spiro atoms. The third kappa shape index (κ3) is 2.51. The predicted molar refractivity (Wildman–Crippen MR) is 97.2 cm³/mol. The topological polar surface area (TPSA) is 42.5 Å². The van der Waals surface area contributed by atoms with Crippen molar-refractivity contribution in [2.24, 2.45) is 0 Å². The first-order chi connectivity index (χ1) is 11.8. The van der Waals surface area contributed by atoms with E-state index in [1.54, 1.807) is 14.2 Å². The van der Waals surface area contributed by atoms with Crippen molar-refractivity contribution in [1.82, 2.24) is 5.32 Å². The quantitative estimate of drug-likeness (QED) is 0.905. The highest BCUT2D eigenvalue weighted by Crippen LogP contribution is 2.47. The number of fused-ring (bicyclic) bond motifs is 3. The standard InChI is InChI=1S/C20H24N2O2/c1-23-13-6-7-14(19(12-13)24-2)15-4-3-5-18-20(15)16-8-10-21-11-9-17(16)22-18/h3-7,12,16-17,21-22H,8-11H2,1-2H3/t16-,17-/m0/s1. The average Bonchev–Trinajstić information content (AvgIpc) is 2.82. The van der Waals surface area contributed by atoms with E-state index in [-0.39, 0.29) is 0 Å². The van der Waals surface area contributed by atoms with Gasteiger partial charge in [-0.25, -0.2) is 0 Å². The second kappa shape index (κ2) is 6.36. The number of methoxy groups -OCH3 is 2. The van der Waals surface area contributed by atoms with E-state index in [1.807, 2.05) is 12.1 Å². The summed E-state index contributed by atoms with van der Waals surface area (Å²) < 4.78 is 11.0. The lowest BCUT2D eigenvalue weighted by Gasteiger charge is -2.19. The van der Waals surface area contributed by atoms with Gasteiger partial charge in [0.05, 0.1) is 14.2 Å². The van der Waals surface area contributed by atoms with Crippen LogP contribution in [0.2, 0.25) is 0 Å². The molecule has 0 aromatic heterocycles. The molecule has 0 unspecified atom stereocenters. The molecule has 126 valence electrons. The monoisotopic (exact) mass is 324 g/mol. The molecular formula is C20H24N2O2. The zero-order chi connectivity index (χ0) is 16.5. The first-order valence-corrected chi connectivity index (χ1v) is 8.64. The van der Waals surface area contributed by atoms with Gasteiger partial charge in [-0.2, -0.15) is 0 Å². The molecule has 4 rings (SSSR count). The summed E-state index contributed by atoms with van der Waals surface area (Å²) in [7, 11) is 3.40. The van der Waals surface area contributed by atoms with Crippen molar-refractivity contribution in [3.8, 4) is 22.6 Å². The second-order valence-corrected chi connectivity index (χ2v) is 6.52. The van der Waals surface area contributed by atoms with Crippen molar-refractivity contribution >= 4 is 5.69 Å². The molecular weight excluding hydrogens is 300 g/mol. The highest BCUT2D eigenvalue weighted by Gasteiger charge is 2.35. The van der Waals surface area contributed by atoms with Crippen LogP contribution in [0.5, 0.6) is 11.5 Å². The van der Waals surface area contributed by atoms with E-state index in [0.29, 0.717) is 12.0 Å². The molecule has 2 atom stereocenters. The van der Waals surface area contributed by atoms with E-state index in [9.17, 15) is 0 Å². The Morgan fingerprint density at radius 3 is 2.67 bits per heavy atom. The van der Waals surface area contributed by atoms with Crippen LogP contribution in [0.25, 0.3) is 11.1 Å². The number of nitrogens with one attached hydrogen (secondary N) is 2. The normalized spacial score (nSPS) is 22.1. The Kier molecular flexibility index (Phi) is 4.07. The summed E-state index contributed by atoms with van der Waals surface area (Å²) in [4.78, 5) is 0. The molecule has 4 nitrogen and oxygen atoms in total. The maximum Gasteiger partial charge on any atom is 0.130 e. The SMILES string of the molecule is COc1ccc(-c2cccc3c2[C@H]2CCNCC[C@@H]2N3)c(OC)c1. The van der Waals surface area contributed by atoms with Crippen molar-refractivity contribution in [2.75, 3.05) is 32.6 Å². The Hall–Kier alpha value is -2.20. The fourth-order valence-corrected chi connectivity index (χ4v) is 4.11. The summed E-state index contributed by atoms with van der Waals surface area (Å²) >= 11 is 0. The van der Waals surface area contributed by atoms with Crippen LogP contribution in [0.3, 0.4) is 0 Å². The van der Waals surface area contributed by atoms with E-state index in [4.69, 9.17) is 9.47 Å². The van der Waals surface area contributed by atoms with E-state index in [1.165, 1.54) is 29.7 Å². The van der Waals surface area contributed by atoms with E-state index >= 15 is 0 Å². The van der Waals surface area contributed by atoms with Crippen LogP contribution in [0.4, 0.5) is 5.69 Å². The summed E-state index contributed by atoms with van der Waals surface area (Å²) in [6.45, 7) is 2.17. The van der Waals surface area contributed by atoms with E-state index in [2.05, 4.69) is 34.9 Å². The Labute approximate surface area is 143 Å². The molecule has 2 N–H and O–H groups in total. The minimum Gasteiger partial charge on any atom is -0.497 e. The van der Waals surface area contributed by atoms with Crippen LogP contribution in [-0.2, 0) is 0 Å². The van der Waals surface area contributed by atoms with Gasteiger partial charge in [0.25, 0.3) is 0 Å². The predicted octanol–water partition coefficient (Wildman–Crippen LogP) is 3.63. The molecule has 0 bridgehead atoms. The number of ether oxygens (including phenoxy) is 2.